The number of carbonyl (C=O) groups excluding carboxylic acids is 8. The first-order chi connectivity index (χ1) is 43.8. The molecular weight excluding hydrogens is 1190 g/mol. The standard InChI is InChI=1S/C68H96F2N8O14/c1-8-11-12-13-14-19-46(10-3)89-40-57(82)73-32-16-15-20-52(71)60(83)78-59(41(4)5)62(85)77-53(21-17-33-74-63(72)86)61(84)75-43-24-22-42(23-25-43)38-90-64(87)76-44-26-28-47(29-27-44)88-39-55(81)68-56(91-58(92-68)18-9-2)36-48-49-35-51(69)50-34-45(79)30-31-65(50,6)67(49,70)54(80)37-66(48,68)7/h10,22-31,34,41,46,48-49,51-54,56,58-59,80H,3,8-9,11-21,32-33,35-40,71H2,1-2,4-7H3,(H,73,82)(H,75,84)(H,76,87)(H,77,85)(H,78,83)(H3,72,74,86)/t46?,48?,49-,51-,52-,53-,54-,56+,58?,59-,65-,66-,67-,68+/m0/s1. The average molecular weight is 1290 g/mol. The smallest absolute Gasteiger partial charge is 0.411 e. The van der Waals surface area contributed by atoms with Gasteiger partial charge in [0, 0.05) is 41.2 Å². The molecule has 0 spiro atoms. The predicted octanol–water partition coefficient (Wildman–Crippen LogP) is 8.15. The monoisotopic (exact) mass is 1290 g/mol. The molecule has 7 amide bonds. The van der Waals surface area contributed by atoms with Gasteiger partial charge in [-0.3, -0.25) is 34.1 Å². The number of hydrogen-bond acceptors (Lipinski definition) is 15. The highest BCUT2D eigenvalue weighted by atomic mass is 19.1. The summed E-state index contributed by atoms with van der Waals surface area (Å²) in [7, 11) is 0. The highest BCUT2D eigenvalue weighted by molar-refractivity contribution is 6.02. The molecule has 1 saturated heterocycles. The van der Waals surface area contributed by atoms with Gasteiger partial charge in [0.2, 0.25) is 29.4 Å². The molecule has 3 unspecified atom stereocenters. The number of fused-ring (bicyclic) bond motifs is 7. The fraction of sp³-hybridized carbons (Fsp3) is 0.618. The third kappa shape index (κ3) is 17.0. The summed E-state index contributed by atoms with van der Waals surface area (Å²) in [6, 6.07) is 8.72. The third-order valence-corrected chi connectivity index (χ3v) is 19.2. The van der Waals surface area contributed by atoms with Crippen molar-refractivity contribution in [1.82, 2.24) is 21.3 Å². The lowest BCUT2D eigenvalue weighted by atomic mass is 9.44. The number of nitrogens with two attached hydrogens (primary N) is 2. The van der Waals surface area contributed by atoms with E-state index in [0.717, 1.165) is 31.8 Å². The minimum absolute atomic E-state index is 0.00712. The Morgan fingerprint density at radius 3 is 2.18 bits per heavy atom. The Morgan fingerprint density at radius 1 is 0.815 bits per heavy atom. The molecule has 24 heteroatoms. The number of allylic oxidation sites excluding steroid dienone is 4. The molecule has 2 aromatic rings. The Balaban J connectivity index is 0.865. The van der Waals surface area contributed by atoms with Gasteiger partial charge in [-0.2, -0.15) is 0 Å². The van der Waals surface area contributed by atoms with E-state index in [1.165, 1.54) is 31.9 Å². The summed E-state index contributed by atoms with van der Waals surface area (Å²) in [5.41, 5.74) is 5.97. The van der Waals surface area contributed by atoms with Gasteiger partial charge in [0.25, 0.3) is 0 Å². The predicted molar refractivity (Wildman–Crippen MR) is 341 cm³/mol. The number of urea groups is 1. The van der Waals surface area contributed by atoms with Crippen molar-refractivity contribution in [2.45, 2.75) is 211 Å². The fourth-order valence-electron chi connectivity index (χ4n) is 14.1. The summed E-state index contributed by atoms with van der Waals surface area (Å²) >= 11 is 0. The number of carbonyl (C=O) groups is 8. The Labute approximate surface area is 538 Å². The lowest BCUT2D eigenvalue weighted by Gasteiger charge is -2.63. The number of alkyl halides is 2. The zero-order valence-electron chi connectivity index (χ0n) is 54.0. The SMILES string of the molecule is C=CC(CCCCCCC)OCC(=O)NCCCC[C@H](N)C(=O)N[C@H](C(=O)N[C@@H](CCCNC(N)=O)C(=O)Nc1ccc(COC(=O)Nc2ccc(OCC(=O)[C@@]34OC(CCC)O[C@@H]3CC3[C@@H]5C[C@H](F)C6=CC(=O)C=C[C@]6(C)[C@@]5(F)[C@@H](O)C[C@@]34C)cc2)cc1)C(C)C. The van der Waals surface area contributed by atoms with Gasteiger partial charge < -0.3 is 66.8 Å². The van der Waals surface area contributed by atoms with Crippen molar-refractivity contribution in [3.63, 3.8) is 0 Å². The number of benzene rings is 2. The minimum Gasteiger partial charge on any atom is -0.486 e. The summed E-state index contributed by atoms with van der Waals surface area (Å²) in [5.74, 6) is -4.75. The van der Waals surface area contributed by atoms with Crippen LogP contribution in [0.2, 0.25) is 0 Å². The van der Waals surface area contributed by atoms with Crippen LogP contribution in [0, 0.1) is 28.6 Å². The molecule has 14 atom stereocenters. The van der Waals surface area contributed by atoms with Crippen LogP contribution in [-0.4, -0.2) is 139 Å². The number of amides is 7. The maximum absolute atomic E-state index is 17.9. The molecule has 11 N–H and O–H groups in total. The molecule has 0 aromatic heterocycles. The van der Waals surface area contributed by atoms with Crippen molar-refractivity contribution in [3.8, 4) is 5.75 Å². The number of halogens is 2. The molecular formula is C68H96F2N8O14. The van der Waals surface area contributed by atoms with Gasteiger partial charge in [-0.05, 0) is 143 Å². The Hall–Kier alpha value is -7.12. The number of nitrogens with one attached hydrogen (secondary N) is 6. The highest BCUT2D eigenvalue weighted by Gasteiger charge is 2.80. The van der Waals surface area contributed by atoms with E-state index < -0.39 is 131 Å². The lowest BCUT2D eigenvalue weighted by Crippen LogP contribution is -2.71. The molecule has 4 fully saturated rings. The summed E-state index contributed by atoms with van der Waals surface area (Å²) in [6.45, 7) is 14.5. The third-order valence-electron chi connectivity index (χ3n) is 19.2. The second kappa shape index (κ2) is 32.6. The average Bonchev–Trinajstić information content (AvgIpc) is 1.39. The summed E-state index contributed by atoms with van der Waals surface area (Å²) < 4.78 is 64.4. The number of hydrogen-bond donors (Lipinski definition) is 9. The maximum atomic E-state index is 17.9. The van der Waals surface area contributed by atoms with Gasteiger partial charge in [0.15, 0.2) is 23.3 Å². The molecule has 4 aliphatic carbocycles. The van der Waals surface area contributed by atoms with E-state index in [9.17, 15) is 43.5 Å². The zero-order valence-corrected chi connectivity index (χ0v) is 54.0. The number of rotatable bonds is 35. The fourth-order valence-corrected chi connectivity index (χ4v) is 14.1. The largest absolute Gasteiger partial charge is 0.486 e. The van der Waals surface area contributed by atoms with Crippen LogP contribution < -0.4 is 48.1 Å². The number of aliphatic hydroxyl groups is 1. The van der Waals surface area contributed by atoms with E-state index in [2.05, 4.69) is 45.4 Å². The number of ketones is 2. The molecule has 2 aromatic carbocycles. The van der Waals surface area contributed by atoms with Crippen molar-refractivity contribution in [2.24, 2.45) is 40.1 Å². The first-order valence-corrected chi connectivity index (χ1v) is 32.6. The summed E-state index contributed by atoms with van der Waals surface area (Å²) in [5, 5.41) is 28.2. The number of unbranched alkanes of at least 4 members (excludes halogenated alkanes) is 5. The van der Waals surface area contributed by atoms with Crippen LogP contribution >= 0.6 is 0 Å². The van der Waals surface area contributed by atoms with Crippen molar-refractivity contribution in [3.05, 3.63) is 90.6 Å². The van der Waals surface area contributed by atoms with E-state index in [4.69, 9.17) is 35.2 Å². The zero-order chi connectivity index (χ0) is 67.0. The first kappa shape index (κ1) is 72.3. The van der Waals surface area contributed by atoms with Crippen LogP contribution in [-0.2, 0) is 54.3 Å². The van der Waals surface area contributed by atoms with Crippen LogP contribution in [0.1, 0.15) is 150 Å². The van der Waals surface area contributed by atoms with E-state index in [1.54, 1.807) is 75.4 Å². The van der Waals surface area contributed by atoms with E-state index >= 15 is 8.78 Å². The molecule has 1 heterocycles. The van der Waals surface area contributed by atoms with Crippen molar-refractivity contribution in [2.75, 3.05) is 36.9 Å². The van der Waals surface area contributed by atoms with E-state index in [1.807, 2.05) is 6.92 Å². The molecule has 22 nitrogen and oxygen atoms in total. The first-order valence-electron chi connectivity index (χ1n) is 32.6. The van der Waals surface area contributed by atoms with Crippen LogP contribution in [0.3, 0.4) is 0 Å². The number of Topliss-reactive ketones (excluding diaryl/α,β-unsaturated/α-hetero) is 1. The summed E-state index contributed by atoms with van der Waals surface area (Å²) in [4.78, 5) is 105. The molecule has 3 saturated carbocycles. The van der Waals surface area contributed by atoms with Gasteiger partial charge in [0.1, 0.15) is 43.8 Å². The number of anilines is 2. The van der Waals surface area contributed by atoms with Crippen molar-refractivity contribution >= 4 is 58.7 Å². The van der Waals surface area contributed by atoms with Crippen LogP contribution in [0.4, 0.5) is 29.7 Å². The molecule has 7 rings (SSSR count). The molecule has 92 heavy (non-hydrogen) atoms. The second-order valence-electron chi connectivity index (χ2n) is 25.9. The van der Waals surface area contributed by atoms with Gasteiger partial charge in [-0.25, -0.2) is 18.4 Å². The lowest BCUT2D eigenvalue weighted by molar-refractivity contribution is -0.234. The molecule has 1 aliphatic heterocycles. The van der Waals surface area contributed by atoms with E-state index in [0.29, 0.717) is 49.2 Å². The van der Waals surface area contributed by atoms with Crippen LogP contribution in [0.5, 0.6) is 5.75 Å². The Kier molecular flexibility index (Phi) is 25.6. The normalized spacial score (nSPS) is 27.3. The summed E-state index contributed by atoms with van der Waals surface area (Å²) in [6.07, 6.45) is 8.63. The quantitative estimate of drug-likeness (QED) is 0.0232. The Morgan fingerprint density at radius 2 is 1.50 bits per heavy atom. The van der Waals surface area contributed by atoms with Crippen LogP contribution in [0.15, 0.2) is 85.0 Å². The van der Waals surface area contributed by atoms with Crippen molar-refractivity contribution in [1.29, 1.82) is 0 Å². The van der Waals surface area contributed by atoms with Crippen LogP contribution in [0.25, 0.3) is 0 Å². The van der Waals surface area contributed by atoms with E-state index in [-0.39, 0.29) is 81.6 Å². The maximum Gasteiger partial charge on any atom is 0.411 e. The molecule has 0 radical (unpaired) electrons. The van der Waals surface area contributed by atoms with Gasteiger partial charge >= 0.3 is 12.1 Å². The molecule has 506 valence electrons. The van der Waals surface area contributed by atoms with Gasteiger partial charge in [-0.1, -0.05) is 97.4 Å². The molecule has 5 aliphatic rings. The highest BCUT2D eigenvalue weighted by Crippen LogP contribution is 2.72. The second-order valence-corrected chi connectivity index (χ2v) is 25.9. The minimum atomic E-state index is -2.35. The Bertz CT molecular complexity index is 2990. The van der Waals surface area contributed by atoms with Gasteiger partial charge in [-0.15, -0.1) is 6.58 Å². The molecule has 0 bridgehead atoms. The van der Waals surface area contributed by atoms with Crippen molar-refractivity contribution < 1.29 is 75.9 Å². The van der Waals surface area contributed by atoms with Gasteiger partial charge in [0.05, 0.1) is 24.4 Å². The number of primary amides is 1. The topological polar surface area (TPSA) is 327 Å². The number of ether oxygens (including phenoxy) is 5. The number of aliphatic hydroxyl groups excluding tert-OH is 1.